The molecule has 0 aliphatic carbocycles. The van der Waals surface area contributed by atoms with Crippen molar-refractivity contribution < 1.29 is 25.6 Å². The fourth-order valence-electron chi connectivity index (χ4n) is 0.937. The predicted molar refractivity (Wildman–Crippen MR) is 53.3 cm³/mol. The maximum atomic E-state index is 5.70. The Labute approximate surface area is 95.8 Å². The summed E-state index contributed by atoms with van der Waals surface area (Å²) in [6.45, 7) is 3.77. The third-order valence-electron chi connectivity index (χ3n) is 1.60. The molecule has 13 heavy (non-hydrogen) atoms. The molecule has 0 radical (unpaired) electrons. The summed E-state index contributed by atoms with van der Waals surface area (Å²) >= 11 is 0. The van der Waals surface area contributed by atoms with Gasteiger partial charge in [0.1, 0.15) is 0 Å². The Kier molecular flexibility index (Phi) is 6.59. The molecular weight excluding hydrogens is 353 g/mol. The van der Waals surface area contributed by atoms with E-state index in [-0.39, 0.29) is 27.2 Å². The van der Waals surface area contributed by atoms with Crippen molar-refractivity contribution in [2.75, 3.05) is 5.73 Å². The van der Waals surface area contributed by atoms with Crippen LogP contribution in [0.2, 0.25) is 0 Å². The molecule has 2 unspecified atom stereocenters. The second-order valence-corrected chi connectivity index (χ2v) is 2.84. The van der Waals surface area contributed by atoms with Crippen molar-refractivity contribution in [1.82, 2.24) is 0 Å². The molecule has 0 bridgehead atoms. The zero-order valence-electron chi connectivity index (χ0n) is 7.19. The van der Waals surface area contributed by atoms with Gasteiger partial charge < -0.3 is 17.2 Å². The van der Waals surface area contributed by atoms with Gasteiger partial charge in [0.2, 0.25) is 0 Å². The largest absolute Gasteiger partial charge is 2.00 e. The molecule has 1 aromatic rings. The van der Waals surface area contributed by atoms with E-state index < -0.39 is 0 Å². The Bertz CT molecular complexity index is 257. The smallest absolute Gasteiger partial charge is 0.449 e. The van der Waals surface area contributed by atoms with E-state index in [9.17, 15) is 0 Å². The summed E-state index contributed by atoms with van der Waals surface area (Å²) in [7, 11) is 2.19. The predicted octanol–water partition coefficient (Wildman–Crippen LogP) is 1.62. The van der Waals surface area contributed by atoms with Crippen molar-refractivity contribution in [1.29, 1.82) is 0 Å². The van der Waals surface area contributed by atoms with Crippen LogP contribution in [0.3, 0.4) is 0 Å². The summed E-state index contributed by atoms with van der Waals surface area (Å²) in [5.74, 6) is 0. The minimum Gasteiger partial charge on any atom is -0.449 e. The quantitative estimate of drug-likeness (QED) is 0.502. The van der Waals surface area contributed by atoms with Gasteiger partial charge in [-0.05, 0) is 9.47 Å². The standard InChI is InChI=1S/C9H12NOP.W/c1-7(11-12)6-8-4-2-3-5-9(8)10;/h2-3,5,7H,1,6,10,12H2;/q-2;+2. The van der Waals surface area contributed by atoms with Gasteiger partial charge in [-0.1, -0.05) is 18.2 Å². The van der Waals surface area contributed by atoms with Crippen LogP contribution in [0.15, 0.2) is 18.2 Å². The molecule has 0 saturated carbocycles. The summed E-state index contributed by atoms with van der Waals surface area (Å²) < 4.78 is 4.94. The molecule has 4 heteroatoms. The molecule has 0 amide bonds. The van der Waals surface area contributed by atoms with Crippen molar-refractivity contribution in [3.63, 3.8) is 0 Å². The first-order chi connectivity index (χ1) is 5.74. The molecule has 2 nitrogen and oxygen atoms in total. The molecular formula is C9H12NOPW. The maximum Gasteiger partial charge on any atom is 2.00 e. The molecule has 0 fully saturated rings. The average molecular weight is 365 g/mol. The van der Waals surface area contributed by atoms with E-state index in [1.165, 1.54) is 0 Å². The minimum absolute atomic E-state index is 0. The van der Waals surface area contributed by atoms with E-state index in [1.54, 1.807) is 0 Å². The van der Waals surface area contributed by atoms with Gasteiger partial charge >= 0.3 is 21.1 Å². The molecule has 1 rings (SSSR count). The van der Waals surface area contributed by atoms with E-state index in [0.717, 1.165) is 11.3 Å². The molecule has 0 aromatic heterocycles. The third-order valence-corrected chi connectivity index (χ3v) is 1.99. The minimum atomic E-state index is -0.0871. The van der Waals surface area contributed by atoms with E-state index >= 15 is 0 Å². The van der Waals surface area contributed by atoms with Crippen LogP contribution in [-0.4, -0.2) is 6.10 Å². The van der Waals surface area contributed by atoms with Crippen LogP contribution >= 0.6 is 9.47 Å². The molecule has 70 valence electrons. The topological polar surface area (TPSA) is 35.2 Å². The van der Waals surface area contributed by atoms with Crippen LogP contribution in [0.5, 0.6) is 0 Å². The zero-order valence-corrected chi connectivity index (χ0v) is 11.3. The first kappa shape index (κ1) is 13.1. The second-order valence-electron chi connectivity index (χ2n) is 2.57. The number of hydrogen-bond acceptors (Lipinski definition) is 2. The number of benzene rings is 1. The normalized spacial score (nSPS) is 11.8. The molecule has 0 heterocycles. The van der Waals surface area contributed by atoms with Gasteiger partial charge in [-0.15, -0.1) is 11.6 Å². The summed E-state index contributed by atoms with van der Waals surface area (Å²) in [4.78, 5) is 0. The van der Waals surface area contributed by atoms with E-state index in [1.807, 2.05) is 18.2 Å². The zero-order chi connectivity index (χ0) is 8.97. The third kappa shape index (κ3) is 4.22. The van der Waals surface area contributed by atoms with E-state index in [4.69, 9.17) is 10.3 Å². The van der Waals surface area contributed by atoms with Gasteiger partial charge in [0.15, 0.2) is 0 Å². The first-order valence-electron chi connectivity index (χ1n) is 3.67. The maximum absolute atomic E-state index is 5.70. The fourth-order valence-corrected chi connectivity index (χ4v) is 1.03. The van der Waals surface area contributed by atoms with Crippen LogP contribution in [0.1, 0.15) is 5.56 Å². The first-order valence-corrected chi connectivity index (χ1v) is 4.15. The Balaban J connectivity index is 0.00000144. The van der Waals surface area contributed by atoms with E-state index in [0.29, 0.717) is 6.42 Å². The Morgan fingerprint density at radius 3 is 2.92 bits per heavy atom. The van der Waals surface area contributed by atoms with Crippen molar-refractivity contribution >= 4 is 15.2 Å². The van der Waals surface area contributed by atoms with Crippen LogP contribution in [0.25, 0.3) is 0 Å². The number of nitrogens with two attached hydrogens (primary N) is 1. The van der Waals surface area contributed by atoms with Crippen LogP contribution in [0, 0.1) is 13.0 Å². The van der Waals surface area contributed by atoms with Gasteiger partial charge in [0, 0.05) is 0 Å². The SMILES string of the molecule is [CH2-]C(Cc1[c-]cccc1N)OP.[W+2]. The summed E-state index contributed by atoms with van der Waals surface area (Å²) in [5, 5.41) is 0. The number of nitrogen functional groups attached to an aromatic ring is 1. The monoisotopic (exact) mass is 365 g/mol. The Morgan fingerprint density at radius 2 is 2.38 bits per heavy atom. The second kappa shape index (κ2) is 6.54. The average Bonchev–Trinajstić information content (AvgIpc) is 2.09. The van der Waals surface area contributed by atoms with Crippen molar-refractivity contribution in [3.05, 3.63) is 36.8 Å². The van der Waals surface area contributed by atoms with Crippen LogP contribution in [0.4, 0.5) is 5.69 Å². The summed E-state index contributed by atoms with van der Waals surface area (Å²) in [6.07, 6.45) is 0.604. The molecule has 0 aliphatic heterocycles. The Morgan fingerprint density at radius 1 is 1.69 bits per heavy atom. The molecule has 0 saturated heterocycles. The molecule has 2 atom stereocenters. The van der Waals surface area contributed by atoms with Gasteiger partial charge in [0.25, 0.3) is 0 Å². The van der Waals surface area contributed by atoms with Crippen molar-refractivity contribution in [2.24, 2.45) is 0 Å². The Hall–Kier alpha value is 0.0983. The fraction of sp³-hybridized carbons (Fsp3) is 0.222. The van der Waals surface area contributed by atoms with Gasteiger partial charge in [-0.25, -0.2) is 0 Å². The number of anilines is 1. The summed E-state index contributed by atoms with van der Waals surface area (Å²) in [6, 6.07) is 8.59. The van der Waals surface area contributed by atoms with Crippen molar-refractivity contribution in [3.8, 4) is 0 Å². The number of rotatable bonds is 3. The number of hydrogen-bond donors (Lipinski definition) is 1. The van der Waals surface area contributed by atoms with Gasteiger partial charge in [0.05, 0.1) is 0 Å². The molecule has 0 aliphatic rings. The molecule has 0 spiro atoms. The van der Waals surface area contributed by atoms with Gasteiger partial charge in [-0.2, -0.15) is 18.2 Å². The summed E-state index contributed by atoms with van der Waals surface area (Å²) in [5.41, 5.74) is 7.40. The van der Waals surface area contributed by atoms with E-state index in [2.05, 4.69) is 22.5 Å². The van der Waals surface area contributed by atoms with Crippen molar-refractivity contribution in [2.45, 2.75) is 12.5 Å². The van der Waals surface area contributed by atoms with Crippen LogP contribution in [-0.2, 0) is 32.0 Å². The van der Waals surface area contributed by atoms with Crippen LogP contribution < -0.4 is 5.73 Å². The molecule has 1 aromatic carbocycles. The molecule has 2 N–H and O–H groups in total. The van der Waals surface area contributed by atoms with Gasteiger partial charge in [-0.3, -0.25) is 0 Å².